The highest BCUT2D eigenvalue weighted by atomic mass is 19.1. The van der Waals surface area contributed by atoms with Crippen molar-refractivity contribution in [2.75, 3.05) is 0 Å². The highest BCUT2D eigenvalue weighted by Crippen LogP contribution is 2.46. The molecule has 1 aliphatic carbocycles. The second kappa shape index (κ2) is 10.1. The second-order valence-corrected chi connectivity index (χ2v) is 7.40. The predicted molar refractivity (Wildman–Crippen MR) is 96.2 cm³/mol. The van der Waals surface area contributed by atoms with Gasteiger partial charge in [-0.3, -0.25) is 4.79 Å². The number of ether oxygens (including phenoxy) is 1. The van der Waals surface area contributed by atoms with E-state index in [0.717, 1.165) is 19.3 Å². The van der Waals surface area contributed by atoms with Gasteiger partial charge in [-0.25, -0.2) is 4.39 Å². The standard InChI is InChI=1S/C20H31FO5/c1-2-3-4-6-13(22)9-10-14-17(23)11-18-20(14)15(12-26-18)16(21)7-5-8-19(24)25/h9-10,12-14,16-18,20,22-23H,2-8,11H2,1H3,(H,24,25)/b10-9+. The van der Waals surface area contributed by atoms with Crippen LogP contribution in [-0.4, -0.2) is 45.8 Å². The number of hydrogen-bond donors (Lipinski definition) is 3. The van der Waals surface area contributed by atoms with Crippen LogP contribution in [0.2, 0.25) is 0 Å². The van der Waals surface area contributed by atoms with Crippen molar-refractivity contribution in [3.8, 4) is 0 Å². The molecule has 0 radical (unpaired) electrons. The Morgan fingerprint density at radius 2 is 2.15 bits per heavy atom. The maximum absolute atomic E-state index is 14.6. The topological polar surface area (TPSA) is 87.0 Å². The van der Waals surface area contributed by atoms with Crippen LogP contribution in [-0.2, 0) is 9.53 Å². The molecule has 1 aliphatic heterocycles. The number of halogens is 1. The molecule has 6 unspecified atom stereocenters. The van der Waals surface area contributed by atoms with Gasteiger partial charge in [0.05, 0.1) is 18.5 Å². The van der Waals surface area contributed by atoms with Crippen LogP contribution in [0.3, 0.4) is 0 Å². The first kappa shape index (κ1) is 20.9. The van der Waals surface area contributed by atoms with E-state index in [1.165, 1.54) is 6.26 Å². The summed E-state index contributed by atoms with van der Waals surface area (Å²) in [6.07, 6.45) is 6.85. The van der Waals surface area contributed by atoms with Crippen LogP contribution in [0.1, 0.15) is 58.3 Å². The van der Waals surface area contributed by atoms with Gasteiger partial charge in [-0.2, -0.15) is 0 Å². The van der Waals surface area contributed by atoms with E-state index in [4.69, 9.17) is 9.84 Å². The molecule has 1 heterocycles. The Morgan fingerprint density at radius 3 is 2.85 bits per heavy atom. The molecule has 148 valence electrons. The van der Waals surface area contributed by atoms with E-state index >= 15 is 0 Å². The van der Waals surface area contributed by atoms with Crippen LogP contribution in [0.25, 0.3) is 0 Å². The zero-order valence-electron chi connectivity index (χ0n) is 15.4. The van der Waals surface area contributed by atoms with Crippen molar-refractivity contribution < 1.29 is 29.2 Å². The van der Waals surface area contributed by atoms with Crippen LogP contribution in [0.5, 0.6) is 0 Å². The van der Waals surface area contributed by atoms with Crippen LogP contribution in [0, 0.1) is 11.8 Å². The molecular weight excluding hydrogens is 339 g/mol. The van der Waals surface area contributed by atoms with Gasteiger partial charge in [0.15, 0.2) is 0 Å². The number of aliphatic hydroxyl groups is 2. The Labute approximate surface area is 154 Å². The molecule has 3 N–H and O–H groups in total. The lowest BCUT2D eigenvalue weighted by Crippen LogP contribution is -2.24. The summed E-state index contributed by atoms with van der Waals surface area (Å²) in [6.45, 7) is 2.11. The van der Waals surface area contributed by atoms with Crippen molar-refractivity contribution in [2.24, 2.45) is 11.8 Å². The highest BCUT2D eigenvalue weighted by Gasteiger charge is 2.48. The fourth-order valence-corrected chi connectivity index (χ4v) is 3.94. The highest BCUT2D eigenvalue weighted by molar-refractivity contribution is 5.66. The molecule has 1 fully saturated rings. The zero-order valence-corrected chi connectivity index (χ0v) is 15.4. The molecule has 0 aromatic rings. The second-order valence-electron chi connectivity index (χ2n) is 7.40. The SMILES string of the molecule is CCCCCC(O)/C=C/C1C(O)CC2OC=C(C(F)CCCC(=O)O)C21. The summed E-state index contributed by atoms with van der Waals surface area (Å²) in [7, 11) is 0. The van der Waals surface area contributed by atoms with Gasteiger partial charge in [-0.1, -0.05) is 38.3 Å². The number of carboxylic acids is 1. The third-order valence-corrected chi connectivity index (χ3v) is 5.37. The number of alkyl halides is 1. The Balaban J connectivity index is 1.94. The summed E-state index contributed by atoms with van der Waals surface area (Å²) in [5, 5.41) is 29.1. The fourth-order valence-electron chi connectivity index (χ4n) is 3.94. The molecule has 0 saturated heterocycles. The molecule has 0 spiro atoms. The Hall–Kier alpha value is -1.40. The largest absolute Gasteiger partial charge is 0.497 e. The number of aliphatic hydroxyl groups excluding tert-OH is 2. The van der Waals surface area contributed by atoms with E-state index < -0.39 is 24.3 Å². The van der Waals surface area contributed by atoms with E-state index in [2.05, 4.69) is 6.92 Å². The molecular formula is C20H31FO5. The van der Waals surface area contributed by atoms with Crippen LogP contribution in [0.15, 0.2) is 24.0 Å². The van der Waals surface area contributed by atoms with E-state index in [-0.39, 0.29) is 37.2 Å². The van der Waals surface area contributed by atoms with E-state index in [0.29, 0.717) is 18.4 Å². The number of carbonyl (C=O) groups is 1. The summed E-state index contributed by atoms with van der Waals surface area (Å²) < 4.78 is 20.2. The van der Waals surface area contributed by atoms with Gasteiger partial charge in [0.25, 0.3) is 0 Å². The summed E-state index contributed by atoms with van der Waals surface area (Å²) in [6, 6.07) is 0. The van der Waals surface area contributed by atoms with E-state index in [1.54, 1.807) is 12.2 Å². The Morgan fingerprint density at radius 1 is 1.38 bits per heavy atom. The predicted octanol–water partition coefficient (Wildman–Crippen LogP) is 3.36. The minimum absolute atomic E-state index is 0.0570. The zero-order chi connectivity index (χ0) is 19.1. The molecule has 1 saturated carbocycles. The van der Waals surface area contributed by atoms with Crippen molar-refractivity contribution in [3.05, 3.63) is 24.0 Å². The molecule has 2 rings (SSSR count). The van der Waals surface area contributed by atoms with Crippen molar-refractivity contribution >= 4 is 5.97 Å². The van der Waals surface area contributed by atoms with Gasteiger partial charge in [0, 0.05) is 30.3 Å². The lowest BCUT2D eigenvalue weighted by atomic mass is 9.84. The summed E-state index contributed by atoms with van der Waals surface area (Å²) in [4.78, 5) is 10.6. The average Bonchev–Trinajstić information content (AvgIpc) is 3.11. The first-order chi connectivity index (χ1) is 12.4. The van der Waals surface area contributed by atoms with Crippen molar-refractivity contribution in [2.45, 2.75) is 82.8 Å². The monoisotopic (exact) mass is 370 g/mol. The van der Waals surface area contributed by atoms with Crippen molar-refractivity contribution in [1.82, 2.24) is 0 Å². The minimum atomic E-state index is -1.26. The molecule has 26 heavy (non-hydrogen) atoms. The Kier molecular flexibility index (Phi) is 8.10. The van der Waals surface area contributed by atoms with Crippen molar-refractivity contribution in [1.29, 1.82) is 0 Å². The van der Waals surface area contributed by atoms with Gasteiger partial charge in [-0.05, 0) is 19.3 Å². The molecule has 0 bridgehead atoms. The number of aliphatic carboxylic acids is 1. The maximum Gasteiger partial charge on any atom is 0.303 e. The third-order valence-electron chi connectivity index (χ3n) is 5.37. The number of hydrogen-bond acceptors (Lipinski definition) is 4. The molecule has 6 atom stereocenters. The number of fused-ring (bicyclic) bond motifs is 1. The van der Waals surface area contributed by atoms with Crippen LogP contribution in [0.4, 0.5) is 4.39 Å². The lowest BCUT2D eigenvalue weighted by molar-refractivity contribution is -0.137. The molecule has 2 aliphatic rings. The molecule has 5 nitrogen and oxygen atoms in total. The van der Waals surface area contributed by atoms with Gasteiger partial charge < -0.3 is 20.1 Å². The number of carboxylic acid groups (broad SMARTS) is 1. The van der Waals surface area contributed by atoms with Gasteiger partial charge in [-0.15, -0.1) is 0 Å². The molecule has 0 amide bonds. The fraction of sp³-hybridized carbons (Fsp3) is 0.750. The van der Waals surface area contributed by atoms with Crippen LogP contribution < -0.4 is 0 Å². The molecule has 0 aromatic heterocycles. The third kappa shape index (κ3) is 5.55. The van der Waals surface area contributed by atoms with E-state index in [1.807, 2.05) is 0 Å². The smallest absolute Gasteiger partial charge is 0.303 e. The van der Waals surface area contributed by atoms with Gasteiger partial charge in [0.1, 0.15) is 12.3 Å². The van der Waals surface area contributed by atoms with E-state index in [9.17, 15) is 19.4 Å². The van der Waals surface area contributed by atoms with Gasteiger partial charge in [0.2, 0.25) is 0 Å². The molecule has 6 heteroatoms. The Bertz CT molecular complexity index is 518. The number of unbranched alkanes of at least 4 members (excludes halogenated alkanes) is 2. The molecule has 0 aromatic carbocycles. The average molecular weight is 370 g/mol. The quantitative estimate of drug-likeness (QED) is 0.383. The summed E-state index contributed by atoms with van der Waals surface area (Å²) in [5.41, 5.74) is 0.507. The maximum atomic E-state index is 14.6. The van der Waals surface area contributed by atoms with Crippen LogP contribution >= 0.6 is 0 Å². The first-order valence-corrected chi connectivity index (χ1v) is 9.69. The normalized spacial score (nSPS) is 30.1. The number of rotatable bonds is 11. The summed E-state index contributed by atoms with van der Waals surface area (Å²) >= 11 is 0. The minimum Gasteiger partial charge on any atom is -0.497 e. The lowest BCUT2D eigenvalue weighted by Gasteiger charge is -2.22. The first-order valence-electron chi connectivity index (χ1n) is 9.69. The summed E-state index contributed by atoms with van der Waals surface area (Å²) in [5.74, 6) is -1.46. The van der Waals surface area contributed by atoms with Gasteiger partial charge >= 0.3 is 5.97 Å². The van der Waals surface area contributed by atoms with Crippen molar-refractivity contribution in [3.63, 3.8) is 0 Å².